The standard InChI is InChI=1S/C21H23ClN2O5S2/c22-17-4-6-18(7-5-17)30(26,27)15-21(25)24-13-10-16-14-19(8-9-20(16)24)31(28,29)23-11-2-1-3-12-23/h4-9,14H,1-3,10-13,15H2. The molecule has 0 radical (unpaired) electrons. The Morgan fingerprint density at radius 1 is 0.871 bits per heavy atom. The van der Waals surface area contributed by atoms with E-state index in [1.807, 2.05) is 0 Å². The lowest BCUT2D eigenvalue weighted by Crippen LogP contribution is -2.35. The van der Waals surface area contributed by atoms with E-state index < -0.39 is 31.5 Å². The quantitative estimate of drug-likeness (QED) is 0.653. The van der Waals surface area contributed by atoms with Gasteiger partial charge in [0, 0.05) is 30.3 Å². The molecule has 166 valence electrons. The molecule has 2 aromatic carbocycles. The summed E-state index contributed by atoms with van der Waals surface area (Å²) in [4.78, 5) is 14.5. The smallest absolute Gasteiger partial charge is 0.243 e. The molecule has 0 saturated carbocycles. The van der Waals surface area contributed by atoms with Gasteiger partial charge in [0.15, 0.2) is 9.84 Å². The zero-order valence-corrected chi connectivity index (χ0v) is 19.2. The van der Waals surface area contributed by atoms with Crippen LogP contribution >= 0.6 is 11.6 Å². The van der Waals surface area contributed by atoms with E-state index in [1.165, 1.54) is 39.5 Å². The van der Waals surface area contributed by atoms with Gasteiger partial charge in [-0.1, -0.05) is 18.0 Å². The lowest BCUT2D eigenvalue weighted by atomic mass is 10.2. The van der Waals surface area contributed by atoms with Crippen molar-refractivity contribution < 1.29 is 21.6 Å². The number of fused-ring (bicyclic) bond motifs is 1. The molecule has 1 saturated heterocycles. The molecule has 7 nitrogen and oxygen atoms in total. The molecular formula is C21H23ClN2O5S2. The molecule has 1 amide bonds. The summed E-state index contributed by atoms with van der Waals surface area (Å²) in [6, 6.07) is 10.4. The summed E-state index contributed by atoms with van der Waals surface area (Å²) in [5, 5.41) is 0.411. The van der Waals surface area contributed by atoms with Crippen molar-refractivity contribution in [1.82, 2.24) is 4.31 Å². The van der Waals surface area contributed by atoms with E-state index in [2.05, 4.69) is 0 Å². The van der Waals surface area contributed by atoms with Crippen LogP contribution in [0.2, 0.25) is 5.02 Å². The van der Waals surface area contributed by atoms with E-state index in [0.29, 0.717) is 36.8 Å². The van der Waals surface area contributed by atoms with Gasteiger partial charge >= 0.3 is 0 Å². The third-order valence-corrected chi connectivity index (χ3v) is 9.45. The third-order valence-electron chi connectivity index (χ3n) is 5.69. The number of amides is 1. The number of sulfonamides is 1. The van der Waals surface area contributed by atoms with Crippen LogP contribution in [0.4, 0.5) is 5.69 Å². The summed E-state index contributed by atoms with van der Waals surface area (Å²) >= 11 is 5.81. The van der Waals surface area contributed by atoms with E-state index in [9.17, 15) is 21.6 Å². The van der Waals surface area contributed by atoms with Gasteiger partial charge < -0.3 is 4.90 Å². The summed E-state index contributed by atoms with van der Waals surface area (Å²) in [6.07, 6.45) is 3.22. The largest absolute Gasteiger partial charge is 0.311 e. The van der Waals surface area contributed by atoms with Crippen LogP contribution in [0.3, 0.4) is 0 Å². The van der Waals surface area contributed by atoms with Gasteiger partial charge in [0.1, 0.15) is 5.75 Å². The SMILES string of the molecule is O=C(CS(=O)(=O)c1ccc(Cl)cc1)N1CCc2cc(S(=O)(=O)N3CCCCC3)ccc21. The molecular weight excluding hydrogens is 460 g/mol. The van der Waals surface area contributed by atoms with Crippen LogP contribution in [0.1, 0.15) is 24.8 Å². The van der Waals surface area contributed by atoms with Crippen LogP contribution in [-0.4, -0.2) is 52.4 Å². The van der Waals surface area contributed by atoms with Gasteiger partial charge in [-0.05, 0) is 67.3 Å². The van der Waals surface area contributed by atoms with Crippen LogP contribution in [0.5, 0.6) is 0 Å². The predicted molar refractivity (Wildman–Crippen MR) is 119 cm³/mol. The third kappa shape index (κ3) is 4.50. The Kier molecular flexibility index (Phi) is 6.13. The van der Waals surface area contributed by atoms with Crippen molar-refractivity contribution in [1.29, 1.82) is 0 Å². The molecule has 0 aliphatic carbocycles. The number of carbonyl (C=O) groups excluding carboxylic acids is 1. The first-order valence-corrected chi connectivity index (χ1v) is 13.6. The molecule has 0 spiro atoms. The molecule has 0 unspecified atom stereocenters. The van der Waals surface area contributed by atoms with Gasteiger partial charge in [-0.25, -0.2) is 16.8 Å². The van der Waals surface area contributed by atoms with Crippen LogP contribution < -0.4 is 4.90 Å². The predicted octanol–water partition coefficient (Wildman–Crippen LogP) is 2.88. The number of carbonyl (C=O) groups is 1. The molecule has 4 rings (SSSR count). The Morgan fingerprint density at radius 2 is 1.52 bits per heavy atom. The minimum Gasteiger partial charge on any atom is -0.311 e. The highest BCUT2D eigenvalue weighted by Gasteiger charge is 2.32. The fourth-order valence-electron chi connectivity index (χ4n) is 4.02. The lowest BCUT2D eigenvalue weighted by molar-refractivity contribution is -0.116. The summed E-state index contributed by atoms with van der Waals surface area (Å²) < 4.78 is 52.6. The number of rotatable bonds is 5. The molecule has 0 N–H and O–H groups in total. The van der Waals surface area contributed by atoms with Crippen molar-refractivity contribution in [3.05, 3.63) is 53.1 Å². The van der Waals surface area contributed by atoms with Crippen molar-refractivity contribution >= 4 is 43.1 Å². The van der Waals surface area contributed by atoms with Gasteiger partial charge in [-0.15, -0.1) is 0 Å². The van der Waals surface area contributed by atoms with E-state index in [1.54, 1.807) is 12.1 Å². The molecule has 10 heteroatoms. The number of anilines is 1. The number of sulfone groups is 1. The molecule has 31 heavy (non-hydrogen) atoms. The van der Waals surface area contributed by atoms with E-state index in [-0.39, 0.29) is 9.79 Å². The zero-order valence-electron chi connectivity index (χ0n) is 16.8. The Labute approximate surface area is 187 Å². The number of benzene rings is 2. The first-order valence-electron chi connectivity index (χ1n) is 10.1. The second kappa shape index (κ2) is 8.54. The Hall–Kier alpha value is -1.94. The normalized spacial score (nSPS) is 17.5. The monoisotopic (exact) mass is 482 g/mol. The number of hydrogen-bond donors (Lipinski definition) is 0. The highest BCUT2D eigenvalue weighted by Crippen LogP contribution is 2.32. The number of nitrogens with zero attached hydrogens (tertiary/aromatic N) is 2. The fourth-order valence-corrected chi connectivity index (χ4v) is 6.91. The van der Waals surface area contributed by atoms with Gasteiger partial charge in [0.05, 0.1) is 9.79 Å². The average Bonchev–Trinajstić information content (AvgIpc) is 3.18. The maximum atomic E-state index is 12.9. The first-order chi connectivity index (χ1) is 14.7. The molecule has 0 atom stereocenters. The Balaban J connectivity index is 1.53. The number of piperidine rings is 1. The van der Waals surface area contributed by atoms with Gasteiger partial charge in [-0.2, -0.15) is 4.31 Å². The second-order valence-electron chi connectivity index (χ2n) is 7.76. The van der Waals surface area contributed by atoms with Gasteiger partial charge in [-0.3, -0.25) is 4.79 Å². The van der Waals surface area contributed by atoms with Crippen molar-refractivity contribution in [2.75, 3.05) is 30.3 Å². The van der Waals surface area contributed by atoms with E-state index in [4.69, 9.17) is 11.6 Å². The molecule has 0 aromatic heterocycles. The van der Waals surface area contributed by atoms with Crippen molar-refractivity contribution in [2.24, 2.45) is 0 Å². The summed E-state index contributed by atoms with van der Waals surface area (Å²) in [5.41, 5.74) is 1.30. The maximum Gasteiger partial charge on any atom is 0.243 e. The van der Waals surface area contributed by atoms with Crippen molar-refractivity contribution in [3.63, 3.8) is 0 Å². The highest BCUT2D eigenvalue weighted by molar-refractivity contribution is 7.92. The van der Waals surface area contributed by atoms with Crippen molar-refractivity contribution in [3.8, 4) is 0 Å². The van der Waals surface area contributed by atoms with Crippen LogP contribution in [0, 0.1) is 0 Å². The highest BCUT2D eigenvalue weighted by atomic mass is 35.5. The zero-order chi connectivity index (χ0) is 22.2. The van der Waals surface area contributed by atoms with Gasteiger partial charge in [0.2, 0.25) is 15.9 Å². The first kappa shape index (κ1) is 22.3. The maximum absolute atomic E-state index is 12.9. The molecule has 1 fully saturated rings. The van der Waals surface area contributed by atoms with E-state index in [0.717, 1.165) is 24.8 Å². The van der Waals surface area contributed by atoms with Crippen LogP contribution in [0.25, 0.3) is 0 Å². The minimum atomic E-state index is -3.81. The summed E-state index contributed by atoms with van der Waals surface area (Å²) in [7, 11) is -7.38. The second-order valence-corrected chi connectivity index (χ2v) is 12.1. The molecule has 0 bridgehead atoms. The van der Waals surface area contributed by atoms with Gasteiger partial charge in [0.25, 0.3) is 0 Å². The molecule has 2 aliphatic rings. The average molecular weight is 483 g/mol. The summed E-state index contributed by atoms with van der Waals surface area (Å²) in [6.45, 7) is 1.36. The lowest BCUT2D eigenvalue weighted by Gasteiger charge is -2.26. The Bertz CT molecular complexity index is 1200. The number of hydrogen-bond acceptors (Lipinski definition) is 5. The van der Waals surface area contributed by atoms with E-state index >= 15 is 0 Å². The molecule has 2 aromatic rings. The van der Waals surface area contributed by atoms with Crippen LogP contribution in [-0.2, 0) is 31.1 Å². The Morgan fingerprint density at radius 3 is 2.19 bits per heavy atom. The molecule has 2 aliphatic heterocycles. The molecule has 2 heterocycles. The topological polar surface area (TPSA) is 91.8 Å². The fraction of sp³-hybridized carbons (Fsp3) is 0.381. The van der Waals surface area contributed by atoms with Crippen molar-refractivity contribution in [2.45, 2.75) is 35.5 Å². The number of halogens is 1. The van der Waals surface area contributed by atoms with Crippen LogP contribution in [0.15, 0.2) is 52.3 Å². The minimum absolute atomic E-state index is 0.0349. The summed E-state index contributed by atoms with van der Waals surface area (Å²) in [5.74, 6) is -1.21.